The Morgan fingerprint density at radius 1 is 1.47 bits per heavy atom. The smallest absolute Gasteiger partial charge is 0.0659 e. The van der Waals surface area contributed by atoms with E-state index in [0.717, 1.165) is 23.1 Å². The highest BCUT2D eigenvalue weighted by Gasteiger charge is 2.07. The molecule has 0 aliphatic carbocycles. The number of nitrogens with two attached hydrogens (primary N) is 1. The van der Waals surface area contributed by atoms with E-state index in [-0.39, 0.29) is 6.04 Å². The zero-order chi connectivity index (χ0) is 11.3. The zero-order valence-corrected chi connectivity index (χ0v) is 10.9. The van der Waals surface area contributed by atoms with Gasteiger partial charge < -0.3 is 10.5 Å². The van der Waals surface area contributed by atoms with Gasteiger partial charge in [-0.05, 0) is 30.5 Å². The topological polar surface area (TPSA) is 35.2 Å². The molecule has 1 aromatic rings. The lowest BCUT2D eigenvalue weighted by Gasteiger charge is -2.13. The lowest BCUT2D eigenvalue weighted by atomic mass is 10.1. The summed E-state index contributed by atoms with van der Waals surface area (Å²) in [5.41, 5.74) is 8.35. The van der Waals surface area contributed by atoms with Gasteiger partial charge in [-0.25, -0.2) is 0 Å². The number of halogens is 1. The van der Waals surface area contributed by atoms with Crippen molar-refractivity contribution in [2.24, 2.45) is 5.73 Å². The Hall–Kier alpha value is -0.380. The molecule has 1 atom stereocenters. The van der Waals surface area contributed by atoms with Crippen molar-refractivity contribution >= 4 is 15.9 Å². The summed E-state index contributed by atoms with van der Waals surface area (Å²) < 4.78 is 6.53. The molecule has 0 aliphatic heterocycles. The van der Waals surface area contributed by atoms with Crippen LogP contribution in [-0.4, -0.2) is 13.2 Å². The fourth-order valence-corrected chi connectivity index (χ4v) is 1.69. The molecule has 1 aromatic carbocycles. The molecule has 0 fully saturated rings. The van der Waals surface area contributed by atoms with Gasteiger partial charge >= 0.3 is 0 Å². The molecule has 0 spiro atoms. The van der Waals surface area contributed by atoms with Gasteiger partial charge in [0.2, 0.25) is 0 Å². The molecule has 84 valence electrons. The minimum atomic E-state index is -0.0338. The lowest BCUT2D eigenvalue weighted by Crippen LogP contribution is -2.17. The molecule has 1 unspecified atom stereocenters. The Kier molecular flexibility index (Phi) is 5.29. The molecule has 2 N–H and O–H groups in total. The van der Waals surface area contributed by atoms with E-state index in [9.17, 15) is 0 Å². The summed E-state index contributed by atoms with van der Waals surface area (Å²) in [7, 11) is 0. The molecule has 0 aliphatic rings. The van der Waals surface area contributed by atoms with Crippen molar-refractivity contribution in [1.82, 2.24) is 0 Å². The largest absolute Gasteiger partial charge is 0.379 e. The maximum Gasteiger partial charge on any atom is 0.0659 e. The summed E-state index contributed by atoms with van der Waals surface area (Å²) in [5.74, 6) is 0. The van der Waals surface area contributed by atoms with Crippen LogP contribution in [0.1, 0.15) is 30.5 Å². The van der Waals surface area contributed by atoms with Crippen LogP contribution in [0.4, 0.5) is 0 Å². The Morgan fingerprint density at radius 2 is 2.20 bits per heavy atom. The van der Waals surface area contributed by atoms with Gasteiger partial charge in [0.25, 0.3) is 0 Å². The summed E-state index contributed by atoms with van der Waals surface area (Å²) in [6.07, 6.45) is 1.03. The number of aryl methyl sites for hydroxylation is 1. The molecule has 0 radical (unpaired) electrons. The van der Waals surface area contributed by atoms with Crippen molar-refractivity contribution in [2.75, 3.05) is 13.2 Å². The van der Waals surface area contributed by atoms with Crippen molar-refractivity contribution < 1.29 is 4.74 Å². The van der Waals surface area contributed by atoms with Crippen LogP contribution in [0.3, 0.4) is 0 Å². The van der Waals surface area contributed by atoms with E-state index in [1.54, 1.807) is 0 Å². The van der Waals surface area contributed by atoms with E-state index in [1.165, 1.54) is 5.56 Å². The van der Waals surface area contributed by atoms with Crippen molar-refractivity contribution in [3.63, 3.8) is 0 Å². The molecule has 0 saturated carbocycles. The SMILES string of the molecule is CCCOCC(N)c1ccc(C)c(Br)c1. The monoisotopic (exact) mass is 271 g/mol. The number of hydrogen-bond donors (Lipinski definition) is 1. The molecule has 3 heteroatoms. The Bertz CT molecular complexity index is 314. The number of hydrogen-bond acceptors (Lipinski definition) is 2. The Morgan fingerprint density at radius 3 is 2.80 bits per heavy atom. The van der Waals surface area contributed by atoms with Crippen LogP contribution in [0.5, 0.6) is 0 Å². The second-order valence-corrected chi connectivity index (χ2v) is 4.54. The van der Waals surface area contributed by atoms with Crippen LogP contribution < -0.4 is 5.73 Å². The second kappa shape index (κ2) is 6.26. The van der Waals surface area contributed by atoms with Crippen molar-refractivity contribution in [3.05, 3.63) is 33.8 Å². The van der Waals surface area contributed by atoms with Gasteiger partial charge in [-0.3, -0.25) is 0 Å². The molecule has 0 amide bonds. The zero-order valence-electron chi connectivity index (χ0n) is 9.29. The van der Waals surface area contributed by atoms with Crippen LogP contribution in [0.2, 0.25) is 0 Å². The Balaban J connectivity index is 2.57. The minimum absolute atomic E-state index is 0.0338. The summed E-state index contributed by atoms with van der Waals surface area (Å²) in [4.78, 5) is 0. The van der Waals surface area contributed by atoms with E-state index < -0.39 is 0 Å². The Labute approximate surface area is 99.9 Å². The summed E-state index contributed by atoms with van der Waals surface area (Å²) in [6, 6.07) is 6.16. The molecular weight excluding hydrogens is 254 g/mol. The first-order valence-corrected chi connectivity index (χ1v) is 6.03. The van der Waals surface area contributed by atoms with E-state index in [0.29, 0.717) is 6.61 Å². The molecule has 0 heterocycles. The minimum Gasteiger partial charge on any atom is -0.379 e. The number of ether oxygens (including phenoxy) is 1. The first kappa shape index (κ1) is 12.7. The molecule has 1 rings (SSSR count). The summed E-state index contributed by atoms with van der Waals surface area (Å²) in [6.45, 7) is 5.52. The lowest BCUT2D eigenvalue weighted by molar-refractivity contribution is 0.121. The van der Waals surface area contributed by atoms with Gasteiger partial charge in [0.1, 0.15) is 0 Å². The summed E-state index contributed by atoms with van der Waals surface area (Å²) in [5, 5.41) is 0. The average molecular weight is 272 g/mol. The predicted octanol–water partition coefficient (Wildman–Crippen LogP) is 3.18. The highest BCUT2D eigenvalue weighted by Crippen LogP contribution is 2.20. The van der Waals surface area contributed by atoms with Crippen LogP contribution in [-0.2, 0) is 4.74 Å². The number of benzene rings is 1. The highest BCUT2D eigenvalue weighted by atomic mass is 79.9. The van der Waals surface area contributed by atoms with E-state index in [1.807, 2.05) is 0 Å². The summed E-state index contributed by atoms with van der Waals surface area (Å²) >= 11 is 3.50. The first-order chi connectivity index (χ1) is 7.15. The van der Waals surface area contributed by atoms with Gasteiger partial charge in [-0.15, -0.1) is 0 Å². The molecule has 2 nitrogen and oxygen atoms in total. The van der Waals surface area contributed by atoms with E-state index >= 15 is 0 Å². The number of rotatable bonds is 5. The predicted molar refractivity (Wildman–Crippen MR) is 66.9 cm³/mol. The highest BCUT2D eigenvalue weighted by molar-refractivity contribution is 9.10. The van der Waals surface area contributed by atoms with Crippen molar-refractivity contribution in [1.29, 1.82) is 0 Å². The van der Waals surface area contributed by atoms with Gasteiger partial charge in [0.15, 0.2) is 0 Å². The second-order valence-electron chi connectivity index (χ2n) is 3.69. The molecular formula is C12H18BrNO. The third-order valence-corrected chi connectivity index (χ3v) is 3.12. The molecule has 0 saturated heterocycles. The molecule has 15 heavy (non-hydrogen) atoms. The molecule has 0 aromatic heterocycles. The normalized spacial score (nSPS) is 12.8. The third kappa shape index (κ3) is 3.93. The first-order valence-electron chi connectivity index (χ1n) is 5.24. The van der Waals surface area contributed by atoms with Crippen molar-refractivity contribution in [2.45, 2.75) is 26.3 Å². The molecule has 0 bridgehead atoms. The van der Waals surface area contributed by atoms with Crippen LogP contribution in [0.25, 0.3) is 0 Å². The van der Waals surface area contributed by atoms with Gasteiger partial charge in [-0.1, -0.05) is 35.0 Å². The maximum absolute atomic E-state index is 6.01. The maximum atomic E-state index is 6.01. The van der Waals surface area contributed by atoms with Crippen molar-refractivity contribution in [3.8, 4) is 0 Å². The standard InChI is InChI=1S/C12H18BrNO/c1-3-6-15-8-12(14)10-5-4-9(2)11(13)7-10/h4-5,7,12H,3,6,8,14H2,1-2H3. The fraction of sp³-hybridized carbons (Fsp3) is 0.500. The van der Waals surface area contributed by atoms with Crippen LogP contribution in [0, 0.1) is 6.92 Å². The van der Waals surface area contributed by atoms with Crippen LogP contribution in [0.15, 0.2) is 22.7 Å². The van der Waals surface area contributed by atoms with E-state index in [2.05, 4.69) is 48.0 Å². The van der Waals surface area contributed by atoms with Crippen LogP contribution >= 0.6 is 15.9 Å². The van der Waals surface area contributed by atoms with Gasteiger partial charge in [0.05, 0.1) is 12.6 Å². The van der Waals surface area contributed by atoms with Gasteiger partial charge in [-0.2, -0.15) is 0 Å². The average Bonchev–Trinajstić information content (AvgIpc) is 2.22. The van der Waals surface area contributed by atoms with Gasteiger partial charge in [0, 0.05) is 11.1 Å². The quantitative estimate of drug-likeness (QED) is 0.835. The van der Waals surface area contributed by atoms with E-state index in [4.69, 9.17) is 10.5 Å². The third-order valence-electron chi connectivity index (χ3n) is 2.27. The fourth-order valence-electron chi connectivity index (χ4n) is 1.29.